The Bertz CT molecular complexity index is 1330. The third kappa shape index (κ3) is 3.47. The molecule has 10 nitrogen and oxygen atoms in total. The minimum Gasteiger partial charge on any atom is -0.360 e. The van der Waals surface area contributed by atoms with Gasteiger partial charge in [0.1, 0.15) is 5.76 Å². The largest absolute Gasteiger partial charge is 0.360 e. The van der Waals surface area contributed by atoms with Crippen LogP contribution in [0.1, 0.15) is 30.2 Å². The van der Waals surface area contributed by atoms with Gasteiger partial charge >= 0.3 is 0 Å². The Morgan fingerprint density at radius 3 is 2.70 bits per heavy atom. The predicted molar refractivity (Wildman–Crippen MR) is 106 cm³/mol. The summed E-state index contributed by atoms with van der Waals surface area (Å²) < 4.78 is 39.8. The van der Waals surface area contributed by atoms with Crippen molar-refractivity contribution in [2.24, 2.45) is 7.05 Å². The average Bonchev–Trinajstić information content (AvgIpc) is 3.10. The normalized spacial score (nSPS) is 14.2. The van der Waals surface area contributed by atoms with Crippen molar-refractivity contribution in [3.63, 3.8) is 0 Å². The van der Waals surface area contributed by atoms with Gasteiger partial charge < -0.3 is 9.05 Å². The Morgan fingerprint density at radius 1 is 1.13 bits per heavy atom. The molecule has 1 saturated carbocycles. The van der Waals surface area contributed by atoms with Crippen LogP contribution in [0, 0.1) is 6.92 Å². The van der Waals surface area contributed by atoms with Gasteiger partial charge in [-0.1, -0.05) is 22.4 Å². The van der Waals surface area contributed by atoms with E-state index in [-0.39, 0.29) is 22.4 Å². The van der Waals surface area contributed by atoms with Crippen molar-refractivity contribution in [3.8, 4) is 23.0 Å². The van der Waals surface area contributed by atoms with Crippen molar-refractivity contribution >= 4 is 15.8 Å². The monoisotopic (exact) mass is 426 g/mol. The van der Waals surface area contributed by atoms with Crippen molar-refractivity contribution in [1.82, 2.24) is 25.1 Å². The molecule has 11 heteroatoms. The van der Waals surface area contributed by atoms with E-state index in [9.17, 15) is 8.42 Å². The van der Waals surface area contributed by atoms with E-state index in [2.05, 4.69) is 25.1 Å². The standard InChI is InChI=1S/C19H18N6O4S/c1-11-8-17(22-28-11)24-30(26,27)14-5-3-4-13(9-14)18-20-19(29-23-18)15-10-16(12-6-7-12)25(2)21-15/h3-5,8-10,12H,6-7H2,1-2H3,(H,22,24). The number of sulfonamides is 1. The molecule has 1 N–H and O–H groups in total. The van der Waals surface area contributed by atoms with Crippen LogP contribution in [0.2, 0.25) is 0 Å². The van der Waals surface area contributed by atoms with Crippen molar-refractivity contribution in [1.29, 1.82) is 0 Å². The van der Waals surface area contributed by atoms with E-state index in [1.165, 1.54) is 18.2 Å². The highest BCUT2D eigenvalue weighted by Gasteiger charge is 2.28. The lowest BCUT2D eigenvalue weighted by Gasteiger charge is -2.05. The second-order valence-electron chi connectivity index (χ2n) is 7.23. The Labute approximate surface area is 171 Å². The Kier molecular flexibility index (Phi) is 4.21. The molecule has 5 rings (SSSR count). The number of aromatic nitrogens is 5. The third-order valence-corrected chi connectivity index (χ3v) is 6.18. The van der Waals surface area contributed by atoms with E-state index in [0.717, 1.165) is 18.5 Å². The first-order chi connectivity index (χ1) is 14.4. The molecular formula is C19H18N6O4S. The first-order valence-electron chi connectivity index (χ1n) is 9.34. The second kappa shape index (κ2) is 6.80. The average molecular weight is 426 g/mol. The Hall–Kier alpha value is -3.47. The minimum absolute atomic E-state index is 0.0425. The van der Waals surface area contributed by atoms with E-state index in [1.54, 1.807) is 19.1 Å². The highest BCUT2D eigenvalue weighted by molar-refractivity contribution is 7.92. The van der Waals surface area contributed by atoms with Gasteiger partial charge in [0.05, 0.1) is 4.90 Å². The summed E-state index contributed by atoms with van der Waals surface area (Å²) in [5.74, 6) is 1.72. The topological polar surface area (TPSA) is 129 Å². The minimum atomic E-state index is -3.86. The van der Waals surface area contributed by atoms with Gasteiger partial charge in [-0.2, -0.15) is 10.1 Å². The van der Waals surface area contributed by atoms with Crippen molar-refractivity contribution in [3.05, 3.63) is 47.9 Å². The molecule has 0 atom stereocenters. The lowest BCUT2D eigenvalue weighted by atomic mass is 10.2. The zero-order valence-corrected chi connectivity index (χ0v) is 17.0. The molecule has 1 aromatic carbocycles. The maximum absolute atomic E-state index is 12.7. The highest BCUT2D eigenvalue weighted by atomic mass is 32.2. The van der Waals surface area contributed by atoms with E-state index >= 15 is 0 Å². The number of hydrogen-bond acceptors (Lipinski definition) is 8. The van der Waals surface area contributed by atoms with Crippen LogP contribution >= 0.6 is 0 Å². The predicted octanol–water partition coefficient (Wildman–Crippen LogP) is 3.11. The van der Waals surface area contributed by atoms with Crippen LogP contribution in [0.4, 0.5) is 5.82 Å². The second-order valence-corrected chi connectivity index (χ2v) is 8.91. The first kappa shape index (κ1) is 18.6. The van der Waals surface area contributed by atoms with Crippen LogP contribution in [0.15, 0.2) is 50.3 Å². The lowest BCUT2D eigenvalue weighted by molar-refractivity contribution is 0.400. The summed E-state index contributed by atoms with van der Waals surface area (Å²) in [6, 6.07) is 9.72. The molecule has 0 bridgehead atoms. The zero-order valence-electron chi connectivity index (χ0n) is 16.2. The number of rotatable bonds is 6. The first-order valence-corrected chi connectivity index (χ1v) is 10.8. The van der Waals surface area contributed by atoms with Gasteiger partial charge in [-0.3, -0.25) is 9.40 Å². The van der Waals surface area contributed by atoms with Gasteiger partial charge in [-0.15, -0.1) is 0 Å². The van der Waals surface area contributed by atoms with Crippen LogP contribution in [-0.4, -0.2) is 33.5 Å². The van der Waals surface area contributed by atoms with E-state index in [1.807, 2.05) is 17.8 Å². The van der Waals surface area contributed by atoms with Crippen LogP contribution < -0.4 is 4.72 Å². The maximum atomic E-state index is 12.7. The molecule has 154 valence electrons. The summed E-state index contributed by atoms with van der Waals surface area (Å²) in [6.45, 7) is 1.68. The highest BCUT2D eigenvalue weighted by Crippen LogP contribution is 2.40. The molecule has 1 aliphatic rings. The van der Waals surface area contributed by atoms with Crippen LogP contribution in [0.3, 0.4) is 0 Å². The third-order valence-electron chi connectivity index (χ3n) is 4.83. The molecular weight excluding hydrogens is 408 g/mol. The lowest BCUT2D eigenvalue weighted by Crippen LogP contribution is -2.13. The van der Waals surface area contributed by atoms with E-state index < -0.39 is 10.0 Å². The summed E-state index contributed by atoms with van der Waals surface area (Å²) in [7, 11) is -1.96. The number of aryl methyl sites for hydroxylation is 2. The van der Waals surface area contributed by atoms with E-state index in [4.69, 9.17) is 9.05 Å². The number of nitrogens with zero attached hydrogens (tertiary/aromatic N) is 5. The van der Waals surface area contributed by atoms with Gasteiger partial charge in [0.15, 0.2) is 11.5 Å². The molecule has 0 saturated heterocycles. The van der Waals surface area contributed by atoms with Crippen molar-refractivity contribution in [2.75, 3.05) is 4.72 Å². The fourth-order valence-electron chi connectivity index (χ4n) is 3.21. The summed E-state index contributed by atoms with van der Waals surface area (Å²) >= 11 is 0. The number of nitrogens with one attached hydrogen (secondary N) is 1. The molecule has 0 amide bonds. The van der Waals surface area contributed by atoms with Crippen molar-refractivity contribution in [2.45, 2.75) is 30.6 Å². The van der Waals surface area contributed by atoms with Crippen LogP contribution in [-0.2, 0) is 17.1 Å². The fourth-order valence-corrected chi connectivity index (χ4v) is 4.23. The number of anilines is 1. The SMILES string of the molecule is Cc1cc(NS(=O)(=O)c2cccc(-c3noc(-c4cc(C5CC5)n(C)n4)n3)c2)no1. The van der Waals surface area contributed by atoms with Gasteiger partial charge in [0, 0.05) is 30.3 Å². The van der Waals surface area contributed by atoms with Crippen molar-refractivity contribution < 1.29 is 17.5 Å². The molecule has 3 heterocycles. The van der Waals surface area contributed by atoms with E-state index in [0.29, 0.717) is 22.9 Å². The molecule has 3 aromatic heterocycles. The van der Waals surface area contributed by atoms with Gasteiger partial charge in [-0.25, -0.2) is 8.42 Å². The fraction of sp³-hybridized carbons (Fsp3) is 0.263. The Balaban J connectivity index is 1.42. The molecule has 0 radical (unpaired) electrons. The van der Waals surface area contributed by atoms with Crippen LogP contribution in [0.5, 0.6) is 0 Å². The molecule has 4 aromatic rings. The van der Waals surface area contributed by atoms with Crippen LogP contribution in [0.25, 0.3) is 23.0 Å². The molecule has 0 aliphatic heterocycles. The zero-order chi connectivity index (χ0) is 20.9. The molecule has 0 unspecified atom stereocenters. The maximum Gasteiger partial charge on any atom is 0.278 e. The molecule has 30 heavy (non-hydrogen) atoms. The Morgan fingerprint density at radius 2 is 1.97 bits per heavy atom. The van der Waals surface area contributed by atoms with Gasteiger partial charge in [0.2, 0.25) is 5.82 Å². The summed E-state index contributed by atoms with van der Waals surface area (Å²) in [4.78, 5) is 4.44. The smallest absolute Gasteiger partial charge is 0.278 e. The quantitative estimate of drug-likeness (QED) is 0.498. The molecule has 1 aliphatic carbocycles. The number of hydrogen-bond donors (Lipinski definition) is 1. The number of benzene rings is 1. The summed E-state index contributed by atoms with van der Waals surface area (Å²) in [6.07, 6.45) is 2.33. The summed E-state index contributed by atoms with van der Waals surface area (Å²) in [5, 5.41) is 12.1. The van der Waals surface area contributed by atoms with Gasteiger partial charge in [-0.05, 0) is 38.0 Å². The molecule has 0 spiro atoms. The molecule has 1 fully saturated rings. The van der Waals surface area contributed by atoms with Gasteiger partial charge in [0.25, 0.3) is 15.9 Å². The summed E-state index contributed by atoms with van der Waals surface area (Å²) in [5.41, 5.74) is 2.25.